The fraction of sp³-hybridized carbons (Fsp3) is 0.333. The van der Waals surface area contributed by atoms with Crippen LogP contribution >= 0.6 is 23.2 Å². The summed E-state index contributed by atoms with van der Waals surface area (Å²) >= 11 is 13.5. The van der Waals surface area contributed by atoms with Crippen molar-refractivity contribution < 1.29 is 19.4 Å². The summed E-state index contributed by atoms with van der Waals surface area (Å²) in [6.07, 6.45) is 1.22. The van der Waals surface area contributed by atoms with Crippen molar-refractivity contribution in [2.45, 2.75) is 67.0 Å². The van der Waals surface area contributed by atoms with Gasteiger partial charge in [0, 0.05) is 58.8 Å². The van der Waals surface area contributed by atoms with Gasteiger partial charge in [-0.1, -0.05) is 41.4 Å². The molecule has 0 unspecified atom stereocenters. The zero-order valence-electron chi connectivity index (χ0n) is 29.8. The highest BCUT2D eigenvalue weighted by Gasteiger charge is 2.38. The Hall–Kier alpha value is -4.80. The fourth-order valence-corrected chi connectivity index (χ4v) is 8.12. The molecule has 1 aliphatic heterocycles. The lowest BCUT2D eigenvalue weighted by Crippen LogP contribution is -2.43. The molecule has 3 aromatic carbocycles. The van der Waals surface area contributed by atoms with Crippen molar-refractivity contribution in [3.8, 4) is 16.9 Å². The molecule has 7 rings (SSSR count). The first kappa shape index (κ1) is 34.6. The van der Waals surface area contributed by atoms with E-state index in [1.165, 1.54) is 0 Å². The first-order valence-electron chi connectivity index (χ1n) is 17.1. The summed E-state index contributed by atoms with van der Waals surface area (Å²) in [5.41, 5.74) is 9.18. The van der Waals surface area contributed by atoms with E-state index in [4.69, 9.17) is 33.0 Å². The molecule has 264 valence electrons. The van der Waals surface area contributed by atoms with Gasteiger partial charge in [0.25, 0.3) is 5.91 Å². The largest absolute Gasteiger partial charge is 0.494 e. The molecule has 0 aliphatic carbocycles. The molecule has 6 aromatic rings. The van der Waals surface area contributed by atoms with Crippen LogP contribution in [0, 0.1) is 27.7 Å². The Morgan fingerprint density at radius 1 is 1.00 bits per heavy atom. The van der Waals surface area contributed by atoms with Crippen LogP contribution in [0.25, 0.3) is 32.9 Å². The van der Waals surface area contributed by atoms with Crippen LogP contribution in [-0.2, 0) is 20.0 Å². The second-order valence-electron chi connectivity index (χ2n) is 13.4. The van der Waals surface area contributed by atoms with E-state index in [0.717, 1.165) is 60.9 Å². The molecule has 1 N–H and O–H groups in total. The Kier molecular flexibility index (Phi) is 8.88. The minimum absolute atomic E-state index is 0.0337. The summed E-state index contributed by atoms with van der Waals surface area (Å²) in [5, 5.41) is 21.8. The molecule has 12 heteroatoms. The minimum Gasteiger partial charge on any atom is -0.494 e. The lowest BCUT2D eigenvalue weighted by Gasteiger charge is -2.34. The van der Waals surface area contributed by atoms with Crippen molar-refractivity contribution in [3.05, 3.63) is 92.0 Å². The lowest BCUT2D eigenvalue weighted by molar-refractivity contribution is 0.0691. The summed E-state index contributed by atoms with van der Waals surface area (Å²) in [6, 6.07) is 13.1. The van der Waals surface area contributed by atoms with Crippen LogP contribution in [0.5, 0.6) is 5.75 Å². The maximum absolute atomic E-state index is 15.0. The van der Waals surface area contributed by atoms with Gasteiger partial charge in [0.1, 0.15) is 11.4 Å². The van der Waals surface area contributed by atoms with Gasteiger partial charge in [-0.2, -0.15) is 10.2 Å². The van der Waals surface area contributed by atoms with E-state index < -0.39 is 5.97 Å². The highest BCUT2D eigenvalue weighted by molar-refractivity contribution is 6.35. The van der Waals surface area contributed by atoms with Crippen LogP contribution in [0.2, 0.25) is 10.0 Å². The molecular formula is C39H40Cl2N6O4. The molecule has 1 atom stereocenters. The number of carboxylic acids is 1. The Morgan fingerprint density at radius 3 is 2.37 bits per heavy atom. The highest BCUT2D eigenvalue weighted by atomic mass is 35.5. The van der Waals surface area contributed by atoms with Gasteiger partial charge in [-0.25, -0.2) is 4.79 Å². The van der Waals surface area contributed by atoms with Crippen LogP contribution in [0.3, 0.4) is 0 Å². The Labute approximate surface area is 306 Å². The van der Waals surface area contributed by atoms with E-state index in [0.29, 0.717) is 59.8 Å². The number of fused-ring (bicyclic) bond motifs is 4. The third kappa shape index (κ3) is 5.56. The monoisotopic (exact) mass is 726 g/mol. The number of amides is 1. The van der Waals surface area contributed by atoms with Crippen molar-refractivity contribution in [2.24, 2.45) is 7.05 Å². The summed E-state index contributed by atoms with van der Waals surface area (Å²) < 4.78 is 11.9. The predicted molar refractivity (Wildman–Crippen MR) is 202 cm³/mol. The molecule has 51 heavy (non-hydrogen) atoms. The molecule has 1 aliphatic rings. The average Bonchev–Trinajstić information content (AvgIpc) is 3.72. The van der Waals surface area contributed by atoms with Crippen LogP contribution in [0.15, 0.2) is 42.5 Å². The first-order valence-corrected chi connectivity index (χ1v) is 17.9. The van der Waals surface area contributed by atoms with Gasteiger partial charge in [0.2, 0.25) is 0 Å². The maximum Gasteiger partial charge on any atom is 0.357 e. The number of hydrogen-bond donors (Lipinski definition) is 1. The first-order chi connectivity index (χ1) is 24.3. The number of anilines is 1. The van der Waals surface area contributed by atoms with E-state index in [2.05, 4.69) is 16.6 Å². The number of aromatic carboxylic acids is 1. The molecule has 0 saturated heterocycles. The average molecular weight is 728 g/mol. The second-order valence-corrected chi connectivity index (χ2v) is 14.2. The number of aryl methyl sites for hydroxylation is 6. The molecule has 0 spiro atoms. The summed E-state index contributed by atoms with van der Waals surface area (Å²) in [6.45, 7) is 13.2. The van der Waals surface area contributed by atoms with Crippen molar-refractivity contribution in [2.75, 3.05) is 18.1 Å². The van der Waals surface area contributed by atoms with Crippen LogP contribution < -0.4 is 9.64 Å². The number of halogens is 2. The van der Waals surface area contributed by atoms with Gasteiger partial charge in [0.05, 0.1) is 34.0 Å². The molecule has 0 bridgehead atoms. The van der Waals surface area contributed by atoms with Crippen LogP contribution in [0.4, 0.5) is 5.69 Å². The molecule has 1 amide bonds. The predicted octanol–water partition coefficient (Wildman–Crippen LogP) is 8.88. The number of carboxylic acid groups (broad SMARTS) is 1. The smallest absolute Gasteiger partial charge is 0.357 e. The normalized spacial score (nSPS) is 14.6. The standard InChI is InChI=1S/C39H40Cl2N6O4/c1-8-46-35-28(34(43-46)39(49)50)11-9-13-30(35)45-19-22(4)47-36-27(14-15-29(40)32(36)31-23(5)42-44(7)24(31)6)26(37(47)38(45)48)12-10-16-51-25-17-20(2)33(41)21(3)18-25/h9,11,13-15,17-18,22H,8,10,12,16,19H2,1-7H3,(H,49,50)/t22-/m1/s1. The SMILES string of the molecule is CCn1nc(C(=O)O)c2cccc(N3C[C@@H](C)n4c(c(CCCOc5cc(C)c(Cl)c(C)c5)c5ccc(Cl)c(-c6c(C)nn(C)c6C)c54)C3=O)c21. The number of nitrogens with zero attached hydrogens (tertiary/aromatic N) is 6. The van der Waals surface area contributed by atoms with Crippen LogP contribution in [0.1, 0.15) is 75.4 Å². The van der Waals surface area contributed by atoms with E-state index in [-0.39, 0.29) is 17.6 Å². The zero-order valence-corrected chi connectivity index (χ0v) is 31.3. The quantitative estimate of drug-likeness (QED) is 0.149. The van der Waals surface area contributed by atoms with Gasteiger partial charge in [0.15, 0.2) is 5.69 Å². The fourth-order valence-electron chi connectivity index (χ4n) is 7.76. The summed E-state index contributed by atoms with van der Waals surface area (Å²) in [4.78, 5) is 29.0. The number of aromatic nitrogens is 5. The number of benzene rings is 3. The molecule has 10 nitrogen and oxygen atoms in total. The molecular weight excluding hydrogens is 687 g/mol. The third-order valence-corrected chi connectivity index (χ3v) is 11.0. The third-order valence-electron chi connectivity index (χ3n) is 10.1. The van der Waals surface area contributed by atoms with Crippen molar-refractivity contribution in [1.29, 1.82) is 0 Å². The Bertz CT molecular complexity index is 2380. The van der Waals surface area contributed by atoms with Gasteiger partial charge in [-0.05, 0) is 95.3 Å². The van der Waals surface area contributed by atoms with Gasteiger partial charge in [-0.3, -0.25) is 14.2 Å². The maximum atomic E-state index is 15.0. The van der Waals surface area contributed by atoms with E-state index in [1.54, 1.807) is 21.7 Å². The number of rotatable bonds is 9. The molecule has 4 heterocycles. The minimum atomic E-state index is -1.11. The number of carbonyl (C=O) groups excluding carboxylic acids is 1. The number of hydrogen-bond acceptors (Lipinski definition) is 5. The number of ether oxygens (including phenoxy) is 1. The molecule has 0 fully saturated rings. The van der Waals surface area contributed by atoms with E-state index in [1.807, 2.05) is 76.7 Å². The van der Waals surface area contributed by atoms with E-state index >= 15 is 4.79 Å². The Morgan fingerprint density at radius 2 is 1.73 bits per heavy atom. The highest BCUT2D eigenvalue weighted by Crippen LogP contribution is 2.45. The zero-order chi connectivity index (χ0) is 36.5. The number of para-hydroxylation sites is 1. The molecule has 0 saturated carbocycles. The van der Waals surface area contributed by atoms with Gasteiger partial charge >= 0.3 is 5.97 Å². The topological polar surface area (TPSA) is 107 Å². The van der Waals surface area contributed by atoms with Crippen molar-refractivity contribution >= 4 is 62.6 Å². The molecule has 3 aromatic heterocycles. The lowest BCUT2D eigenvalue weighted by atomic mass is 9.98. The van der Waals surface area contributed by atoms with E-state index in [9.17, 15) is 9.90 Å². The summed E-state index contributed by atoms with van der Waals surface area (Å²) in [5.74, 6) is -0.521. The second kappa shape index (κ2) is 13.1. The molecule has 0 radical (unpaired) electrons. The van der Waals surface area contributed by atoms with Crippen LogP contribution in [-0.4, -0.2) is 54.3 Å². The Balaban J connectivity index is 1.39. The number of carbonyl (C=O) groups is 2. The van der Waals surface area contributed by atoms with Gasteiger partial charge in [-0.15, -0.1) is 0 Å². The van der Waals surface area contributed by atoms with Gasteiger partial charge < -0.3 is 19.3 Å². The summed E-state index contributed by atoms with van der Waals surface area (Å²) in [7, 11) is 1.92. The van der Waals surface area contributed by atoms with Crippen molar-refractivity contribution in [1.82, 2.24) is 24.1 Å². The van der Waals surface area contributed by atoms with Crippen molar-refractivity contribution in [3.63, 3.8) is 0 Å².